The largest absolute Gasteiger partial charge is 0.251 e. The number of nitrogens with zero attached hydrogens (tertiary/aromatic N) is 2. The summed E-state index contributed by atoms with van der Waals surface area (Å²) < 4.78 is 36.7. The highest BCUT2D eigenvalue weighted by molar-refractivity contribution is 5.29. The summed E-state index contributed by atoms with van der Waals surface area (Å²) in [5.41, 5.74) is -1.00. The summed E-state index contributed by atoms with van der Waals surface area (Å²) in [6.07, 6.45) is 1.51. The van der Waals surface area contributed by atoms with Crippen molar-refractivity contribution >= 4 is 0 Å². The molecule has 1 aromatic rings. The molecular formula is C6F3N2. The van der Waals surface area contributed by atoms with Gasteiger partial charge in [-0.05, 0) is 0 Å². The SMILES string of the molecule is N#Cc1c(F)[c]nc(F)c1F. The van der Waals surface area contributed by atoms with Gasteiger partial charge in [-0.3, -0.25) is 0 Å². The maximum atomic E-state index is 12.3. The van der Waals surface area contributed by atoms with E-state index < -0.39 is 23.1 Å². The van der Waals surface area contributed by atoms with Crippen molar-refractivity contribution < 1.29 is 13.2 Å². The lowest BCUT2D eigenvalue weighted by atomic mass is 10.3. The van der Waals surface area contributed by atoms with Gasteiger partial charge in [-0.15, -0.1) is 0 Å². The Hall–Kier alpha value is -1.57. The molecule has 1 rings (SSSR count). The molecule has 0 saturated carbocycles. The van der Waals surface area contributed by atoms with Crippen LogP contribution in [-0.4, -0.2) is 4.98 Å². The first-order valence-electron chi connectivity index (χ1n) is 2.49. The summed E-state index contributed by atoms with van der Waals surface area (Å²) in [4.78, 5) is 2.59. The van der Waals surface area contributed by atoms with E-state index in [0.29, 0.717) is 0 Å². The van der Waals surface area contributed by atoms with Crippen LogP contribution in [0.2, 0.25) is 0 Å². The monoisotopic (exact) mass is 157 g/mol. The van der Waals surface area contributed by atoms with Gasteiger partial charge in [0.1, 0.15) is 17.8 Å². The Morgan fingerprint density at radius 3 is 2.45 bits per heavy atom. The molecule has 0 aliphatic rings. The van der Waals surface area contributed by atoms with Gasteiger partial charge >= 0.3 is 0 Å². The average Bonchev–Trinajstić information content (AvgIpc) is 1.99. The molecule has 0 saturated heterocycles. The Morgan fingerprint density at radius 1 is 1.36 bits per heavy atom. The minimum atomic E-state index is -1.58. The van der Waals surface area contributed by atoms with Gasteiger partial charge in [0, 0.05) is 0 Å². The van der Waals surface area contributed by atoms with Crippen LogP contribution < -0.4 is 0 Å². The fourth-order valence-corrected chi connectivity index (χ4v) is 0.501. The molecule has 0 fully saturated rings. The van der Waals surface area contributed by atoms with Crippen LogP contribution in [-0.2, 0) is 0 Å². The van der Waals surface area contributed by atoms with E-state index in [9.17, 15) is 13.2 Å². The lowest BCUT2D eigenvalue weighted by Crippen LogP contribution is -1.97. The molecule has 1 aromatic heterocycles. The molecule has 55 valence electrons. The van der Waals surface area contributed by atoms with Gasteiger partial charge in [0.25, 0.3) is 5.95 Å². The van der Waals surface area contributed by atoms with Gasteiger partial charge in [-0.1, -0.05) is 0 Å². The number of halogens is 3. The summed E-state index contributed by atoms with van der Waals surface area (Å²) >= 11 is 0. The highest BCUT2D eigenvalue weighted by atomic mass is 19.2. The highest BCUT2D eigenvalue weighted by Crippen LogP contribution is 2.10. The second-order valence-electron chi connectivity index (χ2n) is 1.63. The zero-order valence-corrected chi connectivity index (χ0v) is 5.03. The molecule has 0 aromatic carbocycles. The van der Waals surface area contributed by atoms with Gasteiger partial charge in [-0.2, -0.15) is 9.65 Å². The Bertz CT molecular complexity index is 329. The number of nitriles is 1. The molecule has 0 spiro atoms. The Morgan fingerprint density at radius 2 is 2.00 bits per heavy atom. The quantitative estimate of drug-likeness (QED) is 0.530. The number of rotatable bonds is 0. The van der Waals surface area contributed by atoms with Gasteiger partial charge in [0.05, 0.1) is 0 Å². The first-order valence-corrected chi connectivity index (χ1v) is 2.49. The van der Waals surface area contributed by atoms with Crippen molar-refractivity contribution in [2.24, 2.45) is 0 Å². The molecule has 1 heterocycles. The van der Waals surface area contributed by atoms with Crippen molar-refractivity contribution in [1.29, 1.82) is 5.26 Å². The predicted molar refractivity (Wildman–Crippen MR) is 27.7 cm³/mol. The topological polar surface area (TPSA) is 36.7 Å². The normalized spacial score (nSPS) is 9.27. The summed E-state index contributed by atoms with van der Waals surface area (Å²) in [6.45, 7) is 0. The van der Waals surface area contributed by atoms with Crippen LogP contribution in [0, 0.1) is 35.1 Å². The van der Waals surface area contributed by atoms with Crippen molar-refractivity contribution in [3.63, 3.8) is 0 Å². The van der Waals surface area contributed by atoms with Crippen LogP contribution in [0.25, 0.3) is 0 Å². The predicted octanol–water partition coefficient (Wildman–Crippen LogP) is 1.17. The average molecular weight is 157 g/mol. The molecule has 5 heteroatoms. The maximum absolute atomic E-state index is 12.3. The molecule has 0 N–H and O–H groups in total. The van der Waals surface area contributed by atoms with Crippen LogP contribution in [0.4, 0.5) is 13.2 Å². The van der Waals surface area contributed by atoms with Gasteiger partial charge < -0.3 is 0 Å². The third kappa shape index (κ3) is 1.15. The van der Waals surface area contributed by atoms with Crippen LogP contribution in [0.15, 0.2) is 0 Å². The van der Waals surface area contributed by atoms with Crippen LogP contribution in [0.1, 0.15) is 5.56 Å². The van der Waals surface area contributed by atoms with E-state index in [1.54, 1.807) is 0 Å². The van der Waals surface area contributed by atoms with Crippen molar-refractivity contribution in [2.45, 2.75) is 0 Å². The standard InChI is InChI=1S/C6F3N2/c7-4-2-11-6(9)5(8)3(4)1-10. The van der Waals surface area contributed by atoms with E-state index in [0.717, 1.165) is 6.07 Å². The minimum absolute atomic E-state index is 1.00. The van der Waals surface area contributed by atoms with E-state index in [2.05, 4.69) is 4.98 Å². The van der Waals surface area contributed by atoms with Crippen molar-refractivity contribution in [2.75, 3.05) is 0 Å². The van der Waals surface area contributed by atoms with Gasteiger partial charge in [0.2, 0.25) is 0 Å². The Kier molecular flexibility index (Phi) is 1.77. The molecule has 11 heavy (non-hydrogen) atoms. The summed E-state index contributed by atoms with van der Waals surface area (Å²) in [6, 6.07) is 1.14. The molecule has 1 radical (unpaired) electrons. The van der Waals surface area contributed by atoms with E-state index in [1.807, 2.05) is 0 Å². The van der Waals surface area contributed by atoms with E-state index >= 15 is 0 Å². The first kappa shape index (κ1) is 7.54. The molecule has 0 atom stereocenters. The summed E-state index contributed by atoms with van der Waals surface area (Å²) in [7, 11) is 0. The molecule has 2 nitrogen and oxygen atoms in total. The van der Waals surface area contributed by atoms with E-state index in [4.69, 9.17) is 5.26 Å². The van der Waals surface area contributed by atoms with Crippen LogP contribution in [0.5, 0.6) is 0 Å². The molecule has 0 aliphatic carbocycles. The Balaban J connectivity index is 3.44. The number of hydrogen-bond donors (Lipinski definition) is 0. The summed E-state index contributed by atoms with van der Waals surface area (Å²) in [5, 5.41) is 8.08. The molecule has 0 bridgehead atoms. The Labute approximate surface area is 59.9 Å². The molecular weight excluding hydrogens is 157 g/mol. The zero-order valence-electron chi connectivity index (χ0n) is 5.03. The highest BCUT2D eigenvalue weighted by Gasteiger charge is 2.14. The lowest BCUT2D eigenvalue weighted by molar-refractivity contribution is 0.459. The minimum Gasteiger partial charge on any atom is -0.212 e. The molecule has 0 amide bonds. The third-order valence-electron chi connectivity index (χ3n) is 0.984. The van der Waals surface area contributed by atoms with Crippen LogP contribution >= 0.6 is 0 Å². The maximum Gasteiger partial charge on any atom is 0.251 e. The van der Waals surface area contributed by atoms with Gasteiger partial charge in [-0.25, -0.2) is 13.8 Å². The second-order valence-corrected chi connectivity index (χ2v) is 1.63. The fourth-order valence-electron chi connectivity index (χ4n) is 0.501. The smallest absolute Gasteiger partial charge is 0.212 e. The lowest BCUT2D eigenvalue weighted by Gasteiger charge is -1.93. The molecule has 0 aliphatic heterocycles. The number of hydrogen-bond acceptors (Lipinski definition) is 2. The number of aromatic nitrogens is 1. The second kappa shape index (κ2) is 2.58. The summed E-state index contributed by atoms with van der Waals surface area (Å²) in [5.74, 6) is -4.39. The van der Waals surface area contributed by atoms with Crippen LogP contribution in [0.3, 0.4) is 0 Å². The van der Waals surface area contributed by atoms with Crippen molar-refractivity contribution in [1.82, 2.24) is 4.98 Å². The number of pyridine rings is 1. The fraction of sp³-hybridized carbons (Fsp3) is 0. The van der Waals surface area contributed by atoms with Crippen molar-refractivity contribution in [3.05, 3.63) is 29.3 Å². The zero-order chi connectivity index (χ0) is 8.43. The van der Waals surface area contributed by atoms with Crippen molar-refractivity contribution in [3.8, 4) is 6.07 Å². The van der Waals surface area contributed by atoms with E-state index in [-0.39, 0.29) is 0 Å². The van der Waals surface area contributed by atoms with Gasteiger partial charge in [0.15, 0.2) is 11.6 Å². The molecule has 0 unspecified atom stereocenters. The third-order valence-corrected chi connectivity index (χ3v) is 0.984. The first-order chi connectivity index (χ1) is 5.16. The van der Waals surface area contributed by atoms with E-state index in [1.165, 1.54) is 6.20 Å².